The van der Waals surface area contributed by atoms with E-state index in [4.69, 9.17) is 4.42 Å². The van der Waals surface area contributed by atoms with Crippen molar-refractivity contribution >= 4 is 23.0 Å². The average molecular weight is 385 g/mol. The fourth-order valence-corrected chi connectivity index (χ4v) is 2.42. The zero-order chi connectivity index (χ0) is 19.7. The summed E-state index contributed by atoms with van der Waals surface area (Å²) in [4.78, 5) is 20.6. The van der Waals surface area contributed by atoms with Gasteiger partial charge in [0.25, 0.3) is 5.91 Å². The van der Waals surface area contributed by atoms with Crippen LogP contribution in [0.4, 0.5) is 19.2 Å². The molecule has 0 atom stereocenters. The number of fused-ring (bicyclic) bond motifs is 1. The van der Waals surface area contributed by atoms with Crippen molar-refractivity contribution in [2.24, 2.45) is 0 Å². The highest BCUT2D eigenvalue weighted by Crippen LogP contribution is 2.30. The molecule has 140 valence electrons. The fraction of sp³-hybridized carbons (Fsp3) is 0.0556. The summed E-state index contributed by atoms with van der Waals surface area (Å²) < 4.78 is 43.1. The largest absolute Gasteiger partial charge is 0.416 e. The number of rotatable bonds is 3. The number of para-hydroxylation sites is 2. The van der Waals surface area contributed by atoms with Crippen molar-refractivity contribution in [3.05, 3.63) is 66.0 Å². The topological polar surface area (TPSA) is 93.8 Å². The second-order valence-corrected chi connectivity index (χ2v) is 5.69. The minimum Gasteiger partial charge on any atom is -0.403 e. The summed E-state index contributed by atoms with van der Waals surface area (Å²) in [6, 6.07) is 11.1. The van der Waals surface area contributed by atoms with Crippen LogP contribution in [-0.4, -0.2) is 26.1 Å². The minimum absolute atomic E-state index is 0.0337. The summed E-state index contributed by atoms with van der Waals surface area (Å²) in [5, 5.41) is 9.79. The lowest BCUT2D eigenvalue weighted by atomic mass is 10.1. The maximum atomic E-state index is 12.6. The molecule has 2 heterocycles. The van der Waals surface area contributed by atoms with Crippen LogP contribution in [0, 0.1) is 0 Å². The van der Waals surface area contributed by atoms with Crippen LogP contribution in [0.5, 0.6) is 0 Å². The molecule has 1 N–H and O–H groups in total. The molecule has 4 rings (SSSR count). The van der Waals surface area contributed by atoms with Crippen molar-refractivity contribution in [2.75, 3.05) is 5.32 Å². The second-order valence-electron chi connectivity index (χ2n) is 5.69. The number of hydrogen-bond donors (Lipinski definition) is 1. The average Bonchev–Trinajstić information content (AvgIpc) is 3.15. The summed E-state index contributed by atoms with van der Waals surface area (Å²) in [6.45, 7) is 0. The molecule has 0 aliphatic carbocycles. The second kappa shape index (κ2) is 6.72. The molecule has 7 nitrogen and oxygen atoms in total. The Balaban J connectivity index is 1.51. The third-order valence-electron chi connectivity index (χ3n) is 3.79. The SMILES string of the molecule is O=C(Nc1nnc(-c2ccc(C(F)(F)F)cc2)o1)c1cnc2ccccc2n1. The van der Waals surface area contributed by atoms with Gasteiger partial charge in [0.15, 0.2) is 0 Å². The molecule has 2 aromatic carbocycles. The first kappa shape index (κ1) is 17.6. The number of hydrogen-bond acceptors (Lipinski definition) is 6. The molecule has 0 fully saturated rings. The van der Waals surface area contributed by atoms with Crippen molar-refractivity contribution in [3.8, 4) is 11.5 Å². The van der Waals surface area contributed by atoms with Gasteiger partial charge in [0.2, 0.25) is 5.89 Å². The predicted molar refractivity (Wildman–Crippen MR) is 92.2 cm³/mol. The number of nitrogens with one attached hydrogen (secondary N) is 1. The number of nitrogens with zero attached hydrogens (tertiary/aromatic N) is 4. The third-order valence-corrected chi connectivity index (χ3v) is 3.79. The van der Waals surface area contributed by atoms with E-state index >= 15 is 0 Å². The Kier molecular flexibility index (Phi) is 4.22. The molecule has 0 aliphatic heterocycles. The van der Waals surface area contributed by atoms with E-state index in [2.05, 4.69) is 25.5 Å². The van der Waals surface area contributed by atoms with Crippen molar-refractivity contribution in [2.45, 2.75) is 6.18 Å². The lowest BCUT2D eigenvalue weighted by Crippen LogP contribution is -2.14. The van der Waals surface area contributed by atoms with Gasteiger partial charge in [-0.15, -0.1) is 5.10 Å². The molecule has 4 aromatic rings. The van der Waals surface area contributed by atoms with E-state index in [1.807, 2.05) is 0 Å². The Morgan fingerprint density at radius 1 is 0.964 bits per heavy atom. The molecule has 0 spiro atoms. The lowest BCUT2D eigenvalue weighted by molar-refractivity contribution is -0.137. The lowest BCUT2D eigenvalue weighted by Gasteiger charge is -2.05. The van der Waals surface area contributed by atoms with E-state index in [-0.39, 0.29) is 23.2 Å². The first-order valence-corrected chi connectivity index (χ1v) is 7.94. The first-order chi connectivity index (χ1) is 13.4. The van der Waals surface area contributed by atoms with Gasteiger partial charge in [-0.2, -0.15) is 13.2 Å². The first-order valence-electron chi connectivity index (χ1n) is 7.94. The van der Waals surface area contributed by atoms with Crippen molar-refractivity contribution in [1.82, 2.24) is 20.2 Å². The number of benzene rings is 2. The molecule has 28 heavy (non-hydrogen) atoms. The Morgan fingerprint density at radius 2 is 1.68 bits per heavy atom. The molecular formula is C18H10F3N5O2. The maximum absolute atomic E-state index is 12.6. The highest BCUT2D eigenvalue weighted by molar-refractivity contribution is 6.02. The Bertz CT molecular complexity index is 1160. The van der Waals surface area contributed by atoms with E-state index in [1.54, 1.807) is 24.3 Å². The van der Waals surface area contributed by atoms with E-state index in [0.29, 0.717) is 11.0 Å². The van der Waals surface area contributed by atoms with E-state index in [9.17, 15) is 18.0 Å². The van der Waals surface area contributed by atoms with Crippen LogP contribution in [0.1, 0.15) is 16.1 Å². The summed E-state index contributed by atoms with van der Waals surface area (Å²) in [5.74, 6) is -0.644. The summed E-state index contributed by atoms with van der Waals surface area (Å²) in [5.41, 5.74) is 0.728. The Hall–Kier alpha value is -3.82. The van der Waals surface area contributed by atoms with Gasteiger partial charge in [0.05, 0.1) is 22.8 Å². The summed E-state index contributed by atoms with van der Waals surface area (Å²) >= 11 is 0. The zero-order valence-corrected chi connectivity index (χ0v) is 13.9. The van der Waals surface area contributed by atoms with Gasteiger partial charge in [-0.25, -0.2) is 4.98 Å². The number of carbonyl (C=O) groups excluding carboxylic acids is 1. The van der Waals surface area contributed by atoms with Crippen LogP contribution in [-0.2, 0) is 6.18 Å². The molecule has 0 saturated heterocycles. The minimum atomic E-state index is -4.44. The van der Waals surface area contributed by atoms with Crippen LogP contribution in [0.3, 0.4) is 0 Å². The Labute approximate surface area is 155 Å². The molecule has 0 unspecified atom stereocenters. The number of carbonyl (C=O) groups is 1. The van der Waals surface area contributed by atoms with Gasteiger partial charge in [0, 0.05) is 5.56 Å². The monoisotopic (exact) mass is 385 g/mol. The third kappa shape index (κ3) is 3.52. The Morgan fingerprint density at radius 3 is 2.39 bits per heavy atom. The standard InChI is InChI=1S/C18H10F3N5O2/c19-18(20,21)11-7-5-10(6-8-11)16-25-26-17(28-16)24-15(27)14-9-22-12-3-1-2-4-13(12)23-14/h1-9H,(H,24,26,27). The van der Waals surface area contributed by atoms with Crippen molar-refractivity contribution < 1.29 is 22.4 Å². The quantitative estimate of drug-likeness (QED) is 0.574. The van der Waals surface area contributed by atoms with Gasteiger partial charge in [-0.05, 0) is 36.4 Å². The highest BCUT2D eigenvalue weighted by Gasteiger charge is 2.30. The molecule has 2 aromatic heterocycles. The van der Waals surface area contributed by atoms with Crippen LogP contribution >= 0.6 is 0 Å². The molecule has 0 bridgehead atoms. The van der Waals surface area contributed by atoms with Gasteiger partial charge in [-0.3, -0.25) is 15.1 Å². The number of amides is 1. The smallest absolute Gasteiger partial charge is 0.403 e. The van der Waals surface area contributed by atoms with Crippen LogP contribution in [0.2, 0.25) is 0 Å². The molecule has 0 saturated carbocycles. The molecule has 10 heteroatoms. The van der Waals surface area contributed by atoms with Gasteiger partial charge < -0.3 is 4.42 Å². The fourth-order valence-electron chi connectivity index (χ4n) is 2.42. The number of aromatic nitrogens is 4. The molecule has 0 aliphatic rings. The maximum Gasteiger partial charge on any atom is 0.416 e. The molecular weight excluding hydrogens is 375 g/mol. The highest BCUT2D eigenvalue weighted by atomic mass is 19.4. The van der Waals surface area contributed by atoms with Crippen LogP contribution in [0.25, 0.3) is 22.5 Å². The van der Waals surface area contributed by atoms with Gasteiger partial charge >= 0.3 is 12.2 Å². The molecule has 0 radical (unpaired) electrons. The van der Waals surface area contributed by atoms with Crippen LogP contribution in [0.15, 0.2) is 59.1 Å². The van der Waals surface area contributed by atoms with E-state index < -0.39 is 17.6 Å². The molecule has 1 amide bonds. The van der Waals surface area contributed by atoms with Crippen LogP contribution < -0.4 is 5.32 Å². The summed E-state index contributed by atoms with van der Waals surface area (Å²) in [6.07, 6.45) is -3.13. The van der Waals surface area contributed by atoms with Gasteiger partial charge in [0.1, 0.15) is 5.69 Å². The normalized spacial score (nSPS) is 11.5. The summed E-state index contributed by atoms with van der Waals surface area (Å²) in [7, 11) is 0. The van der Waals surface area contributed by atoms with E-state index in [1.165, 1.54) is 18.3 Å². The van der Waals surface area contributed by atoms with Crippen molar-refractivity contribution in [3.63, 3.8) is 0 Å². The predicted octanol–water partition coefficient (Wildman–Crippen LogP) is 3.95. The number of halogens is 3. The number of alkyl halides is 3. The van der Waals surface area contributed by atoms with Gasteiger partial charge in [-0.1, -0.05) is 17.2 Å². The van der Waals surface area contributed by atoms with E-state index in [0.717, 1.165) is 12.1 Å². The number of anilines is 1. The van der Waals surface area contributed by atoms with Crippen molar-refractivity contribution in [1.29, 1.82) is 0 Å². The zero-order valence-electron chi connectivity index (χ0n) is 13.9.